The van der Waals surface area contributed by atoms with Gasteiger partial charge in [0.05, 0.1) is 13.2 Å². The lowest BCUT2D eigenvalue weighted by Crippen LogP contribution is -2.30. The SMILES string of the molecule is COCCn1nc(C(=O)NCc2cccc(C(=O)N3CCCC3)c2)ccc1=O. The van der Waals surface area contributed by atoms with Crippen molar-refractivity contribution in [3.63, 3.8) is 0 Å². The summed E-state index contributed by atoms with van der Waals surface area (Å²) in [6, 6.07) is 9.97. The fourth-order valence-corrected chi connectivity index (χ4v) is 3.10. The summed E-state index contributed by atoms with van der Waals surface area (Å²) >= 11 is 0. The smallest absolute Gasteiger partial charge is 0.271 e. The molecule has 0 radical (unpaired) electrons. The van der Waals surface area contributed by atoms with Gasteiger partial charge < -0.3 is 15.0 Å². The molecule has 1 saturated heterocycles. The van der Waals surface area contributed by atoms with Crippen molar-refractivity contribution in [2.24, 2.45) is 0 Å². The van der Waals surface area contributed by atoms with Gasteiger partial charge in [-0.3, -0.25) is 14.4 Å². The summed E-state index contributed by atoms with van der Waals surface area (Å²) in [7, 11) is 1.53. The highest BCUT2D eigenvalue weighted by Crippen LogP contribution is 2.14. The van der Waals surface area contributed by atoms with Crippen molar-refractivity contribution in [3.05, 3.63) is 63.6 Å². The molecule has 28 heavy (non-hydrogen) atoms. The second-order valence-corrected chi connectivity index (χ2v) is 6.66. The predicted molar refractivity (Wildman–Crippen MR) is 103 cm³/mol. The molecule has 1 N–H and O–H groups in total. The number of benzene rings is 1. The third kappa shape index (κ3) is 4.83. The lowest BCUT2D eigenvalue weighted by Gasteiger charge is -2.15. The Morgan fingerprint density at radius 2 is 1.96 bits per heavy atom. The highest BCUT2D eigenvalue weighted by atomic mass is 16.5. The maximum absolute atomic E-state index is 12.5. The van der Waals surface area contributed by atoms with Crippen LogP contribution >= 0.6 is 0 Å². The Kier molecular flexibility index (Phi) is 6.54. The summed E-state index contributed by atoms with van der Waals surface area (Å²) in [5.41, 5.74) is 1.31. The summed E-state index contributed by atoms with van der Waals surface area (Å²) in [5.74, 6) is -0.361. The molecule has 3 rings (SSSR count). The standard InChI is InChI=1S/C20H24N4O4/c1-28-12-11-24-18(25)8-7-17(22-24)19(26)21-14-15-5-4-6-16(13-15)20(27)23-9-2-3-10-23/h4-8,13H,2-3,9-12,14H2,1H3,(H,21,26). The molecule has 1 aromatic carbocycles. The minimum Gasteiger partial charge on any atom is -0.383 e. The molecule has 0 bridgehead atoms. The second-order valence-electron chi connectivity index (χ2n) is 6.66. The molecule has 1 fully saturated rings. The first-order chi connectivity index (χ1) is 13.6. The van der Waals surface area contributed by atoms with Crippen LogP contribution in [-0.4, -0.2) is 53.3 Å². The van der Waals surface area contributed by atoms with E-state index < -0.39 is 0 Å². The number of carbonyl (C=O) groups is 2. The van der Waals surface area contributed by atoms with Crippen LogP contribution in [0.3, 0.4) is 0 Å². The zero-order valence-electron chi connectivity index (χ0n) is 15.9. The quantitative estimate of drug-likeness (QED) is 0.770. The number of nitrogens with one attached hydrogen (secondary N) is 1. The first-order valence-electron chi connectivity index (χ1n) is 9.32. The van der Waals surface area contributed by atoms with E-state index in [0.29, 0.717) is 12.2 Å². The highest BCUT2D eigenvalue weighted by Gasteiger charge is 2.19. The summed E-state index contributed by atoms with van der Waals surface area (Å²) in [4.78, 5) is 38.5. The summed E-state index contributed by atoms with van der Waals surface area (Å²) in [6.07, 6.45) is 2.09. The number of hydrogen-bond acceptors (Lipinski definition) is 5. The zero-order valence-corrected chi connectivity index (χ0v) is 15.9. The van der Waals surface area contributed by atoms with Crippen LogP contribution in [-0.2, 0) is 17.8 Å². The van der Waals surface area contributed by atoms with Crippen LogP contribution in [0, 0.1) is 0 Å². The molecular weight excluding hydrogens is 360 g/mol. The van der Waals surface area contributed by atoms with Gasteiger partial charge >= 0.3 is 0 Å². The summed E-state index contributed by atoms with van der Waals surface area (Å²) in [5, 5.41) is 6.85. The van der Waals surface area contributed by atoms with Gasteiger partial charge in [-0.15, -0.1) is 0 Å². The normalized spacial score (nSPS) is 13.5. The molecule has 0 spiro atoms. The van der Waals surface area contributed by atoms with Crippen LogP contribution in [0.4, 0.5) is 0 Å². The van der Waals surface area contributed by atoms with Gasteiger partial charge in [-0.05, 0) is 36.6 Å². The molecule has 2 amide bonds. The van der Waals surface area contributed by atoms with E-state index in [1.807, 2.05) is 17.0 Å². The molecule has 0 saturated carbocycles. The van der Waals surface area contributed by atoms with Gasteiger partial charge in [0.1, 0.15) is 5.69 Å². The minimum absolute atomic E-state index is 0.0255. The van der Waals surface area contributed by atoms with Gasteiger partial charge in [0, 0.05) is 38.4 Å². The van der Waals surface area contributed by atoms with Gasteiger partial charge in [0.15, 0.2) is 0 Å². The number of hydrogen-bond donors (Lipinski definition) is 1. The Morgan fingerprint density at radius 1 is 1.18 bits per heavy atom. The van der Waals surface area contributed by atoms with Crippen molar-refractivity contribution in [2.45, 2.75) is 25.9 Å². The Labute approximate surface area is 163 Å². The van der Waals surface area contributed by atoms with Crippen LogP contribution in [0.15, 0.2) is 41.2 Å². The largest absolute Gasteiger partial charge is 0.383 e. The molecule has 0 aliphatic carbocycles. The summed E-state index contributed by atoms with van der Waals surface area (Å²) in [6.45, 7) is 2.46. The van der Waals surface area contributed by atoms with E-state index in [-0.39, 0.29) is 36.2 Å². The molecule has 1 aliphatic rings. The number of methoxy groups -OCH3 is 1. The van der Waals surface area contributed by atoms with Gasteiger partial charge in [-0.1, -0.05) is 12.1 Å². The first kappa shape index (κ1) is 19.8. The van der Waals surface area contributed by atoms with E-state index in [2.05, 4.69) is 10.4 Å². The average Bonchev–Trinajstić information content (AvgIpc) is 3.26. The van der Waals surface area contributed by atoms with E-state index in [1.165, 1.54) is 23.9 Å². The van der Waals surface area contributed by atoms with Crippen molar-refractivity contribution in [3.8, 4) is 0 Å². The Bertz CT molecular complexity index is 903. The topological polar surface area (TPSA) is 93.5 Å². The van der Waals surface area contributed by atoms with Crippen LogP contribution in [0.5, 0.6) is 0 Å². The Morgan fingerprint density at radius 3 is 2.71 bits per heavy atom. The van der Waals surface area contributed by atoms with E-state index in [1.54, 1.807) is 12.1 Å². The maximum atomic E-state index is 12.5. The molecule has 0 unspecified atom stereocenters. The van der Waals surface area contributed by atoms with E-state index in [4.69, 9.17) is 4.74 Å². The molecule has 1 aliphatic heterocycles. The first-order valence-corrected chi connectivity index (χ1v) is 9.32. The number of nitrogens with zero attached hydrogens (tertiary/aromatic N) is 3. The van der Waals surface area contributed by atoms with Crippen molar-refractivity contribution in [1.82, 2.24) is 20.0 Å². The maximum Gasteiger partial charge on any atom is 0.271 e. The molecule has 2 aromatic rings. The number of rotatable bonds is 7. The number of carbonyl (C=O) groups excluding carboxylic acids is 2. The monoisotopic (exact) mass is 384 g/mol. The number of ether oxygens (including phenoxy) is 1. The van der Waals surface area contributed by atoms with Crippen molar-refractivity contribution >= 4 is 11.8 Å². The summed E-state index contributed by atoms with van der Waals surface area (Å²) < 4.78 is 6.14. The van der Waals surface area contributed by atoms with E-state index in [9.17, 15) is 14.4 Å². The third-order valence-electron chi connectivity index (χ3n) is 4.63. The van der Waals surface area contributed by atoms with Gasteiger partial charge in [-0.2, -0.15) is 5.10 Å². The number of amides is 2. The van der Waals surface area contributed by atoms with Crippen LogP contribution in [0.1, 0.15) is 39.3 Å². The fourth-order valence-electron chi connectivity index (χ4n) is 3.10. The lowest BCUT2D eigenvalue weighted by molar-refractivity contribution is 0.0792. The van der Waals surface area contributed by atoms with E-state index >= 15 is 0 Å². The molecule has 2 heterocycles. The molecule has 0 atom stereocenters. The third-order valence-corrected chi connectivity index (χ3v) is 4.63. The number of aromatic nitrogens is 2. The van der Waals surface area contributed by atoms with Crippen LogP contribution in [0.25, 0.3) is 0 Å². The van der Waals surface area contributed by atoms with Crippen LogP contribution in [0.2, 0.25) is 0 Å². The van der Waals surface area contributed by atoms with Crippen molar-refractivity contribution < 1.29 is 14.3 Å². The van der Waals surface area contributed by atoms with Gasteiger partial charge in [0.25, 0.3) is 17.4 Å². The molecule has 148 valence electrons. The van der Waals surface area contributed by atoms with Gasteiger partial charge in [0.2, 0.25) is 0 Å². The number of likely N-dealkylation sites (tertiary alicyclic amines) is 1. The predicted octanol–water partition coefficient (Wildman–Crippen LogP) is 1.06. The average molecular weight is 384 g/mol. The molecule has 8 nitrogen and oxygen atoms in total. The van der Waals surface area contributed by atoms with E-state index in [0.717, 1.165) is 31.5 Å². The Balaban J connectivity index is 1.64. The van der Waals surface area contributed by atoms with Gasteiger partial charge in [-0.25, -0.2) is 4.68 Å². The molecule has 1 aromatic heterocycles. The Hall–Kier alpha value is -3.00. The van der Waals surface area contributed by atoms with Crippen molar-refractivity contribution in [1.29, 1.82) is 0 Å². The lowest BCUT2D eigenvalue weighted by atomic mass is 10.1. The minimum atomic E-state index is -0.387. The molecule has 8 heteroatoms. The van der Waals surface area contributed by atoms with Crippen LogP contribution < -0.4 is 10.9 Å². The zero-order chi connectivity index (χ0) is 19.9. The van der Waals surface area contributed by atoms with Crippen molar-refractivity contribution in [2.75, 3.05) is 26.8 Å². The second kappa shape index (κ2) is 9.27. The molecular formula is C20H24N4O4. The fraction of sp³-hybridized carbons (Fsp3) is 0.400. The highest BCUT2D eigenvalue weighted by molar-refractivity contribution is 5.94.